The highest BCUT2D eigenvalue weighted by atomic mass is 79.9. The van der Waals surface area contributed by atoms with Crippen molar-refractivity contribution in [3.05, 3.63) is 78.3 Å². The molecule has 2 aromatic heterocycles. The second-order valence-corrected chi connectivity index (χ2v) is 8.68. The number of carbonyl (C=O) groups excluding carboxylic acids is 1. The van der Waals surface area contributed by atoms with Crippen LogP contribution in [-0.4, -0.2) is 10.9 Å². The van der Waals surface area contributed by atoms with Gasteiger partial charge in [-0.1, -0.05) is 34.1 Å². The second kappa shape index (κ2) is 7.98. The average molecular weight is 520 g/mol. The molecule has 0 spiro atoms. The fourth-order valence-electron chi connectivity index (χ4n) is 2.72. The summed E-state index contributed by atoms with van der Waals surface area (Å²) in [6.07, 6.45) is 0.134. The van der Waals surface area contributed by atoms with Crippen LogP contribution in [0.2, 0.25) is 0 Å². The number of carbonyl (C=O) groups is 1. The number of nitrogens with zero attached hydrogens (tertiary/aromatic N) is 1. The van der Waals surface area contributed by atoms with Crippen LogP contribution in [0.5, 0.6) is 0 Å². The molecule has 5 nitrogen and oxygen atoms in total. The first kappa shape index (κ1) is 19.0. The Kier molecular flexibility index (Phi) is 5.43. The number of benzene rings is 2. The summed E-state index contributed by atoms with van der Waals surface area (Å²) in [6, 6.07) is 14.7. The van der Waals surface area contributed by atoms with Gasteiger partial charge in [0.15, 0.2) is 5.58 Å². The molecule has 8 heteroatoms. The van der Waals surface area contributed by atoms with Crippen LogP contribution in [0.4, 0.5) is 5.69 Å². The molecular weight excluding hydrogens is 508 g/mol. The molecule has 0 fully saturated rings. The minimum Gasteiger partial charge on any atom is -0.421 e. The topological polar surface area (TPSA) is 72.2 Å². The smallest absolute Gasteiger partial charge is 0.345 e. The monoisotopic (exact) mass is 518 g/mol. The van der Waals surface area contributed by atoms with E-state index in [1.54, 1.807) is 11.4 Å². The molecule has 1 N–H and O–H groups in total. The summed E-state index contributed by atoms with van der Waals surface area (Å²) in [7, 11) is 0. The Balaban J connectivity index is 1.59. The number of fused-ring (bicyclic) bond motifs is 1. The maximum atomic E-state index is 12.4. The zero-order valence-corrected chi connectivity index (χ0v) is 18.2. The molecule has 2 heterocycles. The summed E-state index contributed by atoms with van der Waals surface area (Å²) < 4.78 is 7.02. The molecule has 1 amide bonds. The van der Waals surface area contributed by atoms with E-state index in [1.165, 1.54) is 11.3 Å². The maximum Gasteiger partial charge on any atom is 0.345 e. The van der Waals surface area contributed by atoms with Crippen LogP contribution >= 0.6 is 43.2 Å². The standard InChI is InChI=1S/C20H12Br2N2O3S/c21-12-6-11-7-14(20(26)27-19(11)15(22)8-12)16-10-28-18(24-16)9-17(25)23-13-4-2-1-3-5-13/h1-8,10H,9H2,(H,23,25). The summed E-state index contributed by atoms with van der Waals surface area (Å²) in [5, 5.41) is 5.98. The first-order valence-corrected chi connectivity index (χ1v) is 10.7. The minimum absolute atomic E-state index is 0.134. The zero-order chi connectivity index (χ0) is 19.7. The first-order valence-electron chi connectivity index (χ1n) is 8.22. The van der Waals surface area contributed by atoms with Gasteiger partial charge in [-0.15, -0.1) is 11.3 Å². The van der Waals surface area contributed by atoms with Gasteiger partial charge in [0, 0.05) is 20.9 Å². The molecule has 4 rings (SSSR count). The minimum atomic E-state index is -0.471. The number of anilines is 1. The van der Waals surface area contributed by atoms with Gasteiger partial charge in [0.1, 0.15) is 5.01 Å². The highest BCUT2D eigenvalue weighted by Gasteiger charge is 2.15. The molecule has 0 radical (unpaired) electrons. The van der Waals surface area contributed by atoms with Crippen molar-refractivity contribution in [3.8, 4) is 11.3 Å². The molecule has 0 saturated carbocycles. The van der Waals surface area contributed by atoms with Crippen LogP contribution in [0.25, 0.3) is 22.2 Å². The molecule has 0 aliphatic rings. The third-order valence-corrected chi connectivity index (χ3v) is 5.84. The van der Waals surface area contributed by atoms with E-state index in [2.05, 4.69) is 42.2 Å². The van der Waals surface area contributed by atoms with Gasteiger partial charge in [0.25, 0.3) is 0 Å². The predicted molar refractivity (Wildman–Crippen MR) is 118 cm³/mol. The van der Waals surface area contributed by atoms with Crippen molar-refractivity contribution in [2.75, 3.05) is 5.32 Å². The molecule has 4 aromatic rings. The Morgan fingerprint density at radius 3 is 2.71 bits per heavy atom. The number of thiazole rings is 1. The van der Waals surface area contributed by atoms with Crippen molar-refractivity contribution >= 4 is 65.8 Å². The first-order chi connectivity index (χ1) is 13.5. The molecule has 28 heavy (non-hydrogen) atoms. The lowest BCUT2D eigenvalue weighted by atomic mass is 10.1. The van der Waals surface area contributed by atoms with Crippen LogP contribution in [0, 0.1) is 0 Å². The number of aromatic nitrogens is 1. The largest absolute Gasteiger partial charge is 0.421 e. The van der Waals surface area contributed by atoms with Gasteiger partial charge in [-0.2, -0.15) is 0 Å². The molecular formula is C20H12Br2N2O3S. The van der Waals surface area contributed by atoms with E-state index >= 15 is 0 Å². The lowest BCUT2D eigenvalue weighted by molar-refractivity contribution is -0.115. The van der Waals surface area contributed by atoms with Crippen LogP contribution in [0.15, 0.2) is 72.1 Å². The summed E-state index contributed by atoms with van der Waals surface area (Å²) in [5.74, 6) is -0.162. The van der Waals surface area contributed by atoms with Crippen LogP contribution in [-0.2, 0) is 11.2 Å². The van der Waals surface area contributed by atoms with Gasteiger partial charge >= 0.3 is 5.63 Å². The second-order valence-electron chi connectivity index (χ2n) is 5.97. The number of hydrogen-bond acceptors (Lipinski definition) is 5. The Bertz CT molecular complexity index is 1240. The number of para-hydroxylation sites is 1. The quantitative estimate of drug-likeness (QED) is 0.355. The predicted octanol–water partition coefficient (Wildman–Crippen LogP) is 5.62. The SMILES string of the molecule is O=C(Cc1nc(-c2cc3cc(Br)cc(Br)c3oc2=O)cs1)Nc1ccccc1. The summed E-state index contributed by atoms with van der Waals surface area (Å²) in [6.45, 7) is 0. The van der Waals surface area contributed by atoms with Gasteiger partial charge in [0.05, 0.1) is 22.2 Å². The van der Waals surface area contributed by atoms with Crippen molar-refractivity contribution < 1.29 is 9.21 Å². The Hall–Kier alpha value is -2.29. The summed E-state index contributed by atoms with van der Waals surface area (Å²) >= 11 is 8.17. The van der Waals surface area contributed by atoms with Crippen molar-refractivity contribution in [2.24, 2.45) is 0 Å². The number of amides is 1. The van der Waals surface area contributed by atoms with Gasteiger partial charge < -0.3 is 9.73 Å². The molecule has 140 valence electrons. The van der Waals surface area contributed by atoms with E-state index in [0.717, 1.165) is 15.5 Å². The van der Waals surface area contributed by atoms with Crippen molar-refractivity contribution in [1.29, 1.82) is 0 Å². The van der Waals surface area contributed by atoms with E-state index < -0.39 is 5.63 Å². The number of halogens is 2. The third-order valence-electron chi connectivity index (χ3n) is 3.95. The highest BCUT2D eigenvalue weighted by molar-refractivity contribution is 9.11. The molecule has 0 saturated heterocycles. The summed E-state index contributed by atoms with van der Waals surface area (Å²) in [4.78, 5) is 29.1. The van der Waals surface area contributed by atoms with Crippen LogP contribution in [0.3, 0.4) is 0 Å². The van der Waals surface area contributed by atoms with E-state index in [-0.39, 0.29) is 12.3 Å². The van der Waals surface area contributed by atoms with E-state index in [1.807, 2.05) is 42.5 Å². The molecule has 0 aliphatic carbocycles. The van der Waals surface area contributed by atoms with Gasteiger partial charge in [0.2, 0.25) is 5.91 Å². The molecule has 0 unspecified atom stereocenters. The van der Waals surface area contributed by atoms with Gasteiger partial charge in [-0.3, -0.25) is 4.79 Å². The number of rotatable bonds is 4. The van der Waals surface area contributed by atoms with Crippen LogP contribution in [0.1, 0.15) is 5.01 Å². The molecule has 0 aliphatic heterocycles. The van der Waals surface area contributed by atoms with E-state index in [9.17, 15) is 9.59 Å². The number of hydrogen-bond donors (Lipinski definition) is 1. The fraction of sp³-hybridized carbons (Fsp3) is 0.0500. The molecule has 0 bridgehead atoms. The summed E-state index contributed by atoms with van der Waals surface area (Å²) in [5.41, 5.74) is 1.61. The lowest BCUT2D eigenvalue weighted by Crippen LogP contribution is -2.14. The molecule has 0 atom stereocenters. The third kappa shape index (κ3) is 4.09. The highest BCUT2D eigenvalue weighted by Crippen LogP contribution is 2.30. The van der Waals surface area contributed by atoms with E-state index in [0.29, 0.717) is 26.3 Å². The van der Waals surface area contributed by atoms with Crippen LogP contribution < -0.4 is 10.9 Å². The Morgan fingerprint density at radius 1 is 1.14 bits per heavy atom. The number of nitrogens with one attached hydrogen (secondary N) is 1. The van der Waals surface area contributed by atoms with Crippen molar-refractivity contribution in [2.45, 2.75) is 6.42 Å². The lowest BCUT2D eigenvalue weighted by Gasteiger charge is -2.03. The zero-order valence-electron chi connectivity index (χ0n) is 14.2. The van der Waals surface area contributed by atoms with E-state index in [4.69, 9.17) is 4.42 Å². The van der Waals surface area contributed by atoms with Gasteiger partial charge in [-0.25, -0.2) is 9.78 Å². The average Bonchev–Trinajstić information content (AvgIpc) is 3.10. The normalized spacial score (nSPS) is 10.9. The van der Waals surface area contributed by atoms with Gasteiger partial charge in [-0.05, 0) is 46.3 Å². The molecule has 2 aromatic carbocycles. The van der Waals surface area contributed by atoms with Crippen molar-refractivity contribution in [1.82, 2.24) is 4.98 Å². The van der Waals surface area contributed by atoms with Crippen molar-refractivity contribution in [3.63, 3.8) is 0 Å². The fourth-order valence-corrected chi connectivity index (χ4v) is 4.85. The maximum absolute atomic E-state index is 12.4. The Morgan fingerprint density at radius 2 is 1.93 bits per heavy atom. The Labute approximate surface area is 180 Å².